The molecule has 4 aromatic rings. The van der Waals surface area contributed by atoms with E-state index < -0.39 is 0 Å². The maximum Gasteiger partial charge on any atom is 1.00 e. The van der Waals surface area contributed by atoms with E-state index in [1.54, 1.807) is 0 Å². The molecule has 0 bridgehead atoms. The lowest BCUT2D eigenvalue weighted by Gasteiger charge is -2.07. The summed E-state index contributed by atoms with van der Waals surface area (Å²) in [6.07, 6.45) is 6.46. The minimum atomic E-state index is 0. The first kappa shape index (κ1) is 18.7. The van der Waals surface area contributed by atoms with Crippen molar-refractivity contribution >= 4 is 0 Å². The molecule has 0 spiro atoms. The van der Waals surface area contributed by atoms with Crippen LogP contribution in [0, 0.1) is 0 Å². The molecule has 4 rings (SSSR count). The molecule has 0 aliphatic carbocycles. The van der Waals surface area contributed by atoms with Gasteiger partial charge in [0.15, 0.2) is 0 Å². The fraction of sp³-hybridized carbons (Fsp3) is 0.0870. The summed E-state index contributed by atoms with van der Waals surface area (Å²) in [4.78, 5) is 7.21. The maximum atomic E-state index is 5.78. The van der Waals surface area contributed by atoms with Gasteiger partial charge in [0.25, 0.3) is 0 Å². The Kier molecular flexibility index (Phi) is 6.29. The number of nitrogens with zero attached hydrogens (tertiary/aromatic N) is 1. The Bertz CT molecular complexity index is 940. The van der Waals surface area contributed by atoms with Crippen LogP contribution in [0.4, 0.5) is 0 Å². The second-order valence-corrected chi connectivity index (χ2v) is 6.24. The third-order valence-electron chi connectivity index (χ3n) is 4.36. The first-order valence-corrected chi connectivity index (χ1v) is 8.70. The predicted octanol–water partition coefficient (Wildman–Crippen LogP) is 2.36. The minimum Gasteiger partial charge on any atom is -1.00 e. The first-order valence-electron chi connectivity index (χ1n) is 8.70. The molecular weight excluding hydrogens is 356 g/mol. The van der Waals surface area contributed by atoms with Gasteiger partial charge in [-0.2, -0.15) is 0 Å². The monoisotopic (exact) mass is 376 g/mol. The molecule has 2 aromatic heterocycles. The second-order valence-electron chi connectivity index (χ2n) is 6.24. The summed E-state index contributed by atoms with van der Waals surface area (Å²) < 4.78 is 5.78. The van der Waals surface area contributed by atoms with Crippen LogP contribution in [-0.4, -0.2) is 9.97 Å². The van der Waals surface area contributed by atoms with E-state index in [1.807, 2.05) is 55.0 Å². The van der Waals surface area contributed by atoms with Crippen LogP contribution in [0.25, 0.3) is 11.1 Å². The molecule has 0 atom stereocenters. The molecule has 0 fully saturated rings. The van der Waals surface area contributed by atoms with Crippen molar-refractivity contribution in [2.45, 2.75) is 13.0 Å². The van der Waals surface area contributed by atoms with Gasteiger partial charge in [-0.1, -0.05) is 36.4 Å². The summed E-state index contributed by atoms with van der Waals surface area (Å²) in [5, 5.41) is 0. The number of H-pyrrole nitrogens is 1. The fourth-order valence-corrected chi connectivity index (χ4v) is 2.92. The topological polar surface area (TPSA) is 37.9 Å². The van der Waals surface area contributed by atoms with Gasteiger partial charge in [-0.05, 0) is 65.1 Å². The summed E-state index contributed by atoms with van der Waals surface area (Å²) >= 11 is 0. The van der Waals surface area contributed by atoms with Gasteiger partial charge in [-0.15, -0.1) is 0 Å². The van der Waals surface area contributed by atoms with Crippen molar-refractivity contribution in [3.05, 3.63) is 108 Å². The quantitative estimate of drug-likeness (QED) is 0.561. The highest BCUT2D eigenvalue weighted by atomic mass is 35.5. The number of aromatic amines is 1. The van der Waals surface area contributed by atoms with Gasteiger partial charge in [0.05, 0.1) is 5.69 Å². The third kappa shape index (κ3) is 4.99. The second kappa shape index (κ2) is 9.06. The lowest BCUT2D eigenvalue weighted by molar-refractivity contribution is -0.00000560. The number of ether oxygens (including phenoxy) is 1. The number of pyridine rings is 1. The van der Waals surface area contributed by atoms with Gasteiger partial charge in [0.2, 0.25) is 0 Å². The molecule has 0 aliphatic heterocycles. The molecule has 0 saturated heterocycles. The summed E-state index contributed by atoms with van der Waals surface area (Å²) in [6.45, 7) is 0.558. The van der Waals surface area contributed by atoms with E-state index in [0.717, 1.165) is 17.9 Å². The number of benzene rings is 2. The normalized spacial score (nSPS) is 10.2. The molecular formula is C23H21ClN2O. The summed E-state index contributed by atoms with van der Waals surface area (Å²) in [5.74, 6) is 0.886. The molecule has 3 nitrogen and oxygen atoms in total. The van der Waals surface area contributed by atoms with Crippen molar-refractivity contribution in [1.29, 1.82) is 0 Å². The molecule has 0 amide bonds. The highest BCUT2D eigenvalue weighted by Gasteiger charge is 2.01. The van der Waals surface area contributed by atoms with Crippen LogP contribution in [0.2, 0.25) is 0 Å². The largest absolute Gasteiger partial charge is 1.00 e. The molecule has 27 heavy (non-hydrogen) atoms. The van der Waals surface area contributed by atoms with Gasteiger partial charge in [-0.25, -0.2) is 0 Å². The van der Waals surface area contributed by atoms with E-state index in [1.165, 1.54) is 22.3 Å². The standard InChI is InChI=1S/C23H20N2O.ClH/c1-2-22(25-13-1)17-26-23-9-5-19(6-10-23)16-18-3-7-20(8-4-18)21-11-14-24-15-12-21;/h1-15,25H,16-17H2;1H. The van der Waals surface area contributed by atoms with Crippen LogP contribution in [0.15, 0.2) is 91.4 Å². The number of hydrogen-bond donors (Lipinski definition) is 1. The molecule has 136 valence electrons. The number of aromatic nitrogens is 2. The average Bonchev–Trinajstić information content (AvgIpc) is 3.22. The summed E-state index contributed by atoms with van der Waals surface area (Å²) in [6, 6.07) is 25.1. The van der Waals surface area contributed by atoms with E-state index in [4.69, 9.17) is 4.74 Å². The van der Waals surface area contributed by atoms with Crippen LogP contribution < -0.4 is 17.1 Å². The average molecular weight is 377 g/mol. The molecule has 2 heterocycles. The summed E-state index contributed by atoms with van der Waals surface area (Å²) in [7, 11) is 0. The zero-order valence-electron chi connectivity index (χ0n) is 15.8. The Morgan fingerprint density at radius 3 is 2.04 bits per heavy atom. The van der Waals surface area contributed by atoms with E-state index in [9.17, 15) is 0 Å². The van der Waals surface area contributed by atoms with Crippen molar-refractivity contribution in [2.75, 3.05) is 0 Å². The molecule has 0 unspecified atom stereocenters. The number of halogens is 1. The number of hydrogen-bond acceptors (Lipinski definition) is 2. The van der Waals surface area contributed by atoms with Crippen molar-refractivity contribution in [3.63, 3.8) is 0 Å². The Balaban J connectivity index is 0.00000140. The van der Waals surface area contributed by atoms with Gasteiger partial charge >= 0.3 is 1.43 Å². The van der Waals surface area contributed by atoms with E-state index >= 15 is 0 Å². The van der Waals surface area contributed by atoms with Gasteiger partial charge < -0.3 is 22.1 Å². The summed E-state index contributed by atoms with van der Waals surface area (Å²) in [5.41, 5.74) is 6.04. The smallest absolute Gasteiger partial charge is 1.00 e. The van der Waals surface area contributed by atoms with Crippen molar-refractivity contribution < 1.29 is 18.6 Å². The fourth-order valence-electron chi connectivity index (χ4n) is 2.92. The Morgan fingerprint density at radius 1 is 0.778 bits per heavy atom. The van der Waals surface area contributed by atoms with Crippen LogP contribution >= 0.6 is 0 Å². The highest BCUT2D eigenvalue weighted by Crippen LogP contribution is 2.21. The van der Waals surface area contributed by atoms with Crippen LogP contribution in [0.5, 0.6) is 5.75 Å². The predicted molar refractivity (Wildman–Crippen MR) is 105 cm³/mol. The molecule has 0 aliphatic rings. The molecule has 1 N–H and O–H groups in total. The SMILES string of the molecule is [Cl-].[H+].c1c[nH]c(COc2ccc(Cc3ccc(-c4ccncc4)cc3)cc2)c1. The Morgan fingerprint density at radius 2 is 1.41 bits per heavy atom. The van der Waals surface area contributed by atoms with Crippen LogP contribution in [-0.2, 0) is 13.0 Å². The zero-order chi connectivity index (χ0) is 17.6. The van der Waals surface area contributed by atoms with Crippen molar-refractivity contribution in [1.82, 2.24) is 9.97 Å². The van der Waals surface area contributed by atoms with Crippen LogP contribution in [0.3, 0.4) is 0 Å². The minimum absolute atomic E-state index is 0. The van der Waals surface area contributed by atoms with Gasteiger partial charge in [0, 0.05) is 18.6 Å². The van der Waals surface area contributed by atoms with Crippen LogP contribution in [0.1, 0.15) is 18.2 Å². The molecule has 0 saturated carbocycles. The van der Waals surface area contributed by atoms with E-state index in [2.05, 4.69) is 46.4 Å². The number of nitrogens with one attached hydrogen (secondary N) is 1. The van der Waals surface area contributed by atoms with E-state index in [-0.39, 0.29) is 13.8 Å². The van der Waals surface area contributed by atoms with Crippen molar-refractivity contribution in [3.8, 4) is 16.9 Å². The Labute approximate surface area is 167 Å². The Hall–Kier alpha value is -3.04. The lowest BCUT2D eigenvalue weighted by atomic mass is 10.0. The number of rotatable bonds is 6. The molecule has 0 radical (unpaired) electrons. The molecule has 2 aromatic carbocycles. The van der Waals surface area contributed by atoms with E-state index in [0.29, 0.717) is 6.61 Å². The first-order chi connectivity index (χ1) is 12.9. The maximum absolute atomic E-state index is 5.78. The van der Waals surface area contributed by atoms with Crippen molar-refractivity contribution in [2.24, 2.45) is 0 Å². The van der Waals surface area contributed by atoms with Gasteiger partial charge in [-0.3, -0.25) is 4.98 Å². The zero-order valence-corrected chi connectivity index (χ0v) is 15.6. The molecule has 4 heteroatoms. The lowest BCUT2D eigenvalue weighted by Crippen LogP contribution is -3.00. The third-order valence-corrected chi connectivity index (χ3v) is 4.36. The highest BCUT2D eigenvalue weighted by molar-refractivity contribution is 5.63. The van der Waals surface area contributed by atoms with Gasteiger partial charge in [0.1, 0.15) is 12.4 Å².